The number of rotatable bonds is 4. The Morgan fingerprint density at radius 2 is 1.75 bits per heavy atom. The number of piperidine rings is 1. The van der Waals surface area contributed by atoms with E-state index in [1.807, 2.05) is 36.5 Å². The van der Waals surface area contributed by atoms with Gasteiger partial charge in [0.1, 0.15) is 5.82 Å². The Labute approximate surface area is 213 Å². The third-order valence-corrected chi connectivity index (χ3v) is 7.06. The van der Waals surface area contributed by atoms with Crippen molar-refractivity contribution in [1.29, 1.82) is 0 Å². The Morgan fingerprint density at radius 1 is 0.944 bits per heavy atom. The van der Waals surface area contributed by atoms with Crippen molar-refractivity contribution in [3.63, 3.8) is 0 Å². The van der Waals surface area contributed by atoms with Crippen LogP contribution in [0.25, 0.3) is 44.7 Å². The fourth-order valence-electron chi connectivity index (χ4n) is 4.88. The number of pyridine rings is 3. The van der Waals surface area contributed by atoms with E-state index < -0.39 is 0 Å². The Hall–Kier alpha value is -3.68. The smallest absolute Gasteiger partial charge is 0.160 e. The van der Waals surface area contributed by atoms with Crippen molar-refractivity contribution in [1.82, 2.24) is 29.6 Å². The lowest BCUT2D eigenvalue weighted by Gasteiger charge is -2.28. The molecule has 4 aromatic heterocycles. The van der Waals surface area contributed by atoms with Crippen molar-refractivity contribution >= 4 is 22.6 Å². The lowest BCUT2D eigenvalue weighted by atomic mass is 9.96. The number of likely N-dealkylation sites (tertiary alicyclic amines) is 1. The summed E-state index contributed by atoms with van der Waals surface area (Å²) in [7, 11) is 2.16. The van der Waals surface area contributed by atoms with Gasteiger partial charge < -0.3 is 4.90 Å². The first kappa shape index (κ1) is 22.8. The van der Waals surface area contributed by atoms with Gasteiger partial charge in [0.05, 0.1) is 23.6 Å². The van der Waals surface area contributed by atoms with Gasteiger partial charge in [-0.05, 0) is 81.0 Å². The number of aromatic nitrogens is 5. The van der Waals surface area contributed by atoms with Crippen molar-refractivity contribution in [2.45, 2.75) is 18.9 Å². The second kappa shape index (κ2) is 9.41. The van der Waals surface area contributed by atoms with Gasteiger partial charge in [0.15, 0.2) is 5.65 Å². The van der Waals surface area contributed by atoms with Crippen LogP contribution in [0.15, 0.2) is 73.3 Å². The minimum atomic E-state index is -0.390. The summed E-state index contributed by atoms with van der Waals surface area (Å²) < 4.78 is 16.9. The number of hydrogen-bond donors (Lipinski definition) is 0. The maximum Gasteiger partial charge on any atom is 0.160 e. The molecule has 1 fully saturated rings. The summed E-state index contributed by atoms with van der Waals surface area (Å²) in [5.74, 6) is -0.390. The molecule has 0 unspecified atom stereocenters. The Kier molecular flexibility index (Phi) is 5.95. The van der Waals surface area contributed by atoms with Gasteiger partial charge in [-0.2, -0.15) is 5.10 Å². The molecule has 0 radical (unpaired) electrons. The van der Waals surface area contributed by atoms with Crippen LogP contribution in [0.3, 0.4) is 0 Å². The van der Waals surface area contributed by atoms with Crippen molar-refractivity contribution < 1.29 is 4.39 Å². The molecule has 1 aromatic carbocycles. The van der Waals surface area contributed by atoms with Gasteiger partial charge in [-0.3, -0.25) is 9.67 Å². The minimum absolute atomic E-state index is 0.330. The number of nitrogens with zero attached hydrogens (tertiary/aromatic N) is 6. The highest BCUT2D eigenvalue weighted by Gasteiger charge is 2.21. The van der Waals surface area contributed by atoms with Crippen LogP contribution in [0.4, 0.5) is 4.39 Å². The van der Waals surface area contributed by atoms with E-state index in [1.54, 1.807) is 18.5 Å². The summed E-state index contributed by atoms with van der Waals surface area (Å²) in [5, 5.41) is 6.00. The fourth-order valence-corrected chi connectivity index (χ4v) is 5.06. The molecule has 0 atom stereocenters. The van der Waals surface area contributed by atoms with Crippen molar-refractivity contribution in [2.75, 3.05) is 20.1 Å². The van der Waals surface area contributed by atoms with Crippen LogP contribution in [0.2, 0.25) is 5.02 Å². The third kappa shape index (κ3) is 4.25. The fraction of sp³-hybridized carbons (Fsp3) is 0.214. The quantitative estimate of drug-likeness (QED) is 0.292. The maximum absolute atomic E-state index is 14.8. The van der Waals surface area contributed by atoms with Crippen LogP contribution >= 0.6 is 11.6 Å². The third-order valence-electron chi connectivity index (χ3n) is 6.82. The normalized spacial score (nSPS) is 15.0. The van der Waals surface area contributed by atoms with Crippen molar-refractivity contribution in [3.05, 3.63) is 84.2 Å². The van der Waals surface area contributed by atoms with Crippen molar-refractivity contribution in [3.8, 4) is 33.6 Å². The first-order valence-corrected chi connectivity index (χ1v) is 12.3. The molecule has 8 heteroatoms. The summed E-state index contributed by atoms with van der Waals surface area (Å²) in [6.07, 6.45) is 9.58. The molecule has 1 aliphatic rings. The molecule has 5 heterocycles. The lowest BCUT2D eigenvalue weighted by molar-refractivity contribution is 0.212. The molecule has 0 N–H and O–H groups in total. The summed E-state index contributed by atoms with van der Waals surface area (Å²) in [6, 6.07) is 14.5. The molecular formula is C28H24ClFN6. The molecule has 36 heavy (non-hydrogen) atoms. The summed E-state index contributed by atoms with van der Waals surface area (Å²) in [6.45, 7) is 2.13. The Morgan fingerprint density at radius 3 is 2.61 bits per heavy atom. The predicted molar refractivity (Wildman–Crippen MR) is 140 cm³/mol. The van der Waals surface area contributed by atoms with E-state index in [2.05, 4.69) is 32.8 Å². The predicted octanol–water partition coefficient (Wildman–Crippen LogP) is 6.28. The van der Waals surface area contributed by atoms with E-state index in [9.17, 15) is 4.39 Å². The largest absolute Gasteiger partial charge is 0.306 e. The highest BCUT2D eigenvalue weighted by atomic mass is 35.5. The van der Waals surface area contributed by atoms with Crippen LogP contribution in [0.1, 0.15) is 18.9 Å². The molecule has 0 amide bonds. The van der Waals surface area contributed by atoms with Gasteiger partial charge in [-0.1, -0.05) is 17.7 Å². The van der Waals surface area contributed by atoms with Crippen molar-refractivity contribution in [2.24, 2.45) is 0 Å². The van der Waals surface area contributed by atoms with Crippen LogP contribution < -0.4 is 0 Å². The average Bonchev–Trinajstić information content (AvgIpc) is 3.40. The van der Waals surface area contributed by atoms with E-state index in [4.69, 9.17) is 21.7 Å². The zero-order chi connectivity index (χ0) is 24.6. The molecule has 1 aliphatic heterocycles. The number of halogens is 2. The molecular weight excluding hydrogens is 475 g/mol. The van der Waals surface area contributed by atoms with E-state index in [0.29, 0.717) is 28.0 Å². The standard InChI is InChI=1S/C28H24ClFN6/c1-35-12-8-20(9-13-35)36-17-18(16-33-36)27-21(4-2-10-31-27)23-15-26(24-14-19(29)6-7-25(24)30)34-28-22(23)5-3-11-32-28/h2-7,10-11,14-17,20H,8-9,12-13H2,1H3. The summed E-state index contributed by atoms with van der Waals surface area (Å²) in [4.78, 5) is 16.2. The van der Waals surface area contributed by atoms with E-state index in [1.165, 1.54) is 12.1 Å². The lowest BCUT2D eigenvalue weighted by Crippen LogP contribution is -2.31. The van der Waals surface area contributed by atoms with E-state index >= 15 is 0 Å². The second-order valence-electron chi connectivity index (χ2n) is 9.20. The van der Waals surface area contributed by atoms with Gasteiger partial charge >= 0.3 is 0 Å². The van der Waals surface area contributed by atoms with Gasteiger partial charge in [0, 0.05) is 45.7 Å². The van der Waals surface area contributed by atoms with E-state index in [0.717, 1.165) is 53.7 Å². The SMILES string of the molecule is CN1CCC(n2cc(-c3ncccc3-c3cc(-c4cc(Cl)ccc4F)nc4ncccc34)cn2)CC1. The molecule has 0 bridgehead atoms. The Balaban J connectivity index is 1.49. The zero-order valence-corrected chi connectivity index (χ0v) is 20.5. The Bertz CT molecular complexity index is 1560. The number of benzene rings is 1. The van der Waals surface area contributed by atoms with E-state index in [-0.39, 0.29) is 5.82 Å². The van der Waals surface area contributed by atoms with Crippen LogP contribution in [-0.2, 0) is 0 Å². The monoisotopic (exact) mass is 498 g/mol. The van der Waals surface area contributed by atoms with Crippen LogP contribution in [0, 0.1) is 5.82 Å². The molecule has 0 saturated carbocycles. The molecule has 0 aliphatic carbocycles. The second-order valence-corrected chi connectivity index (χ2v) is 9.63. The number of hydrogen-bond acceptors (Lipinski definition) is 5. The number of fused-ring (bicyclic) bond motifs is 1. The summed E-state index contributed by atoms with van der Waals surface area (Å²) in [5.41, 5.74) is 4.85. The molecule has 1 saturated heterocycles. The van der Waals surface area contributed by atoms with Crippen LogP contribution in [-0.4, -0.2) is 49.8 Å². The van der Waals surface area contributed by atoms with Gasteiger partial charge in [0.2, 0.25) is 0 Å². The molecule has 6 nitrogen and oxygen atoms in total. The highest BCUT2D eigenvalue weighted by Crippen LogP contribution is 2.37. The minimum Gasteiger partial charge on any atom is -0.306 e. The molecule has 6 rings (SSSR count). The topological polar surface area (TPSA) is 59.7 Å². The maximum atomic E-state index is 14.8. The first-order chi connectivity index (χ1) is 17.6. The molecule has 5 aromatic rings. The van der Waals surface area contributed by atoms with Gasteiger partial charge in [-0.25, -0.2) is 14.4 Å². The molecule has 0 spiro atoms. The average molecular weight is 499 g/mol. The zero-order valence-electron chi connectivity index (χ0n) is 19.8. The summed E-state index contributed by atoms with van der Waals surface area (Å²) >= 11 is 6.19. The van der Waals surface area contributed by atoms with Crippen LogP contribution in [0.5, 0.6) is 0 Å². The van der Waals surface area contributed by atoms with Gasteiger partial charge in [0.25, 0.3) is 0 Å². The van der Waals surface area contributed by atoms with Gasteiger partial charge in [-0.15, -0.1) is 0 Å². The first-order valence-electron chi connectivity index (χ1n) is 12.0. The molecule has 180 valence electrons. The highest BCUT2D eigenvalue weighted by molar-refractivity contribution is 6.30.